The maximum atomic E-state index is 2.30. The van der Waals surface area contributed by atoms with Crippen molar-refractivity contribution in [2.45, 2.75) is 12.8 Å². The first-order valence-corrected chi connectivity index (χ1v) is 5.81. The van der Waals surface area contributed by atoms with Crippen LogP contribution in [0, 0.1) is 0 Å². The molecule has 0 bridgehead atoms. The first kappa shape index (κ1) is 7.48. The average Bonchev–Trinajstić information content (AvgIpc) is 2.60. The summed E-state index contributed by atoms with van der Waals surface area (Å²) in [5.41, 5.74) is 0. The van der Waals surface area contributed by atoms with Gasteiger partial charge in [0, 0.05) is 0 Å². The Hall–Kier alpha value is -0.170. The predicted molar refractivity (Wildman–Crippen MR) is 44.8 cm³/mol. The van der Waals surface area contributed by atoms with Gasteiger partial charge >= 0.3 is 78.9 Å². The molecule has 0 heterocycles. The number of hydrogen-bond donors (Lipinski definition) is 0. The fraction of sp³-hybridized carbons (Fsp3) is 0.200. The Morgan fingerprint density at radius 3 is 1.91 bits per heavy atom. The minimum absolute atomic E-state index is 0. The van der Waals surface area contributed by atoms with E-state index in [-0.39, 0.29) is 24.3 Å². The fourth-order valence-corrected chi connectivity index (χ4v) is 3.56. The van der Waals surface area contributed by atoms with Crippen molar-refractivity contribution in [2.75, 3.05) is 0 Å². The van der Waals surface area contributed by atoms with E-state index in [2.05, 4.69) is 36.5 Å². The van der Waals surface area contributed by atoms with Gasteiger partial charge in [-0.25, -0.2) is 0 Å². The Kier molecular flexibility index (Phi) is 2.37. The monoisotopic (exact) mass is 176 g/mol. The molecule has 0 aliphatic heterocycles. The molecule has 11 heavy (non-hydrogen) atoms. The largest absolute Gasteiger partial charge is 1.00 e. The number of allylic oxidation sites excluding steroid dienone is 8. The van der Waals surface area contributed by atoms with Gasteiger partial charge in [-0.05, 0) is 0 Å². The smallest absolute Gasteiger partial charge is 1.00 e. The second kappa shape index (κ2) is 3.49. The predicted octanol–water partition coefficient (Wildman–Crippen LogP) is 2.87. The van der Waals surface area contributed by atoms with Gasteiger partial charge in [0.05, 0.1) is 0 Å². The Bertz CT molecular complexity index is 244. The van der Waals surface area contributed by atoms with Gasteiger partial charge in [0.2, 0.25) is 0 Å². The quantitative estimate of drug-likeness (QED) is 0.606. The molecule has 0 spiro atoms. The molecule has 0 saturated heterocycles. The second-order valence-corrected chi connectivity index (χ2v) is 5.66. The van der Waals surface area contributed by atoms with Crippen LogP contribution in [0.1, 0.15) is 14.3 Å². The van der Waals surface area contributed by atoms with Crippen LogP contribution < -0.4 is 0 Å². The molecule has 0 amide bonds. The molecule has 0 N–H and O–H groups in total. The molecular formula is C10H11Sc. The van der Waals surface area contributed by atoms with Crippen molar-refractivity contribution in [1.82, 2.24) is 0 Å². The van der Waals surface area contributed by atoms with Gasteiger partial charge in [0.1, 0.15) is 0 Å². The zero-order valence-corrected chi connectivity index (χ0v) is 8.26. The van der Waals surface area contributed by atoms with E-state index in [1.807, 2.05) is 0 Å². The maximum absolute atomic E-state index is 2.30. The van der Waals surface area contributed by atoms with Crippen LogP contribution in [0.4, 0.5) is 0 Å². The first-order valence-electron chi connectivity index (χ1n) is 4.01. The molecule has 0 nitrogen and oxygen atoms in total. The van der Waals surface area contributed by atoms with Crippen LogP contribution >= 0.6 is 0 Å². The molecule has 0 aromatic rings. The molecule has 0 radical (unpaired) electrons. The van der Waals surface area contributed by atoms with Crippen molar-refractivity contribution in [1.29, 1.82) is 0 Å². The van der Waals surface area contributed by atoms with Crippen molar-refractivity contribution < 1.29 is 24.3 Å². The third-order valence-electron chi connectivity index (χ3n) is 1.97. The summed E-state index contributed by atoms with van der Waals surface area (Å²) in [6.45, 7) is 0. The van der Waals surface area contributed by atoms with E-state index in [9.17, 15) is 0 Å². The molecule has 2 rings (SSSR count). The van der Waals surface area contributed by atoms with E-state index in [0.29, 0.717) is 0 Å². The average molecular weight is 176 g/mol. The van der Waals surface area contributed by atoms with Crippen LogP contribution in [0.3, 0.4) is 0 Å². The van der Waals surface area contributed by atoms with Gasteiger partial charge in [-0.1, -0.05) is 0 Å². The molecule has 0 aromatic heterocycles. The molecule has 0 fully saturated rings. The van der Waals surface area contributed by atoms with E-state index in [1.54, 1.807) is 6.66 Å². The van der Waals surface area contributed by atoms with E-state index in [1.165, 1.54) is 12.8 Å². The van der Waals surface area contributed by atoms with Gasteiger partial charge in [-0.15, -0.1) is 0 Å². The SMILES string of the molecule is C1=CC[C]([Sc+][C]2=CC=CC2)=C1.[H-]. The van der Waals surface area contributed by atoms with Crippen LogP contribution in [0.25, 0.3) is 0 Å². The summed E-state index contributed by atoms with van der Waals surface area (Å²) in [4.78, 5) is 0. The van der Waals surface area contributed by atoms with Crippen LogP contribution in [0.15, 0.2) is 43.1 Å². The Labute approximate surface area is 80.2 Å². The Balaban J connectivity index is 0.000000720. The summed E-state index contributed by atoms with van der Waals surface area (Å²) in [6.07, 6.45) is 16.0. The molecule has 0 saturated carbocycles. The fourth-order valence-electron chi connectivity index (χ4n) is 1.38. The molecule has 1 heteroatoms. The van der Waals surface area contributed by atoms with Crippen molar-refractivity contribution in [2.24, 2.45) is 0 Å². The molecule has 2 aliphatic carbocycles. The van der Waals surface area contributed by atoms with Gasteiger partial charge in [-0.2, -0.15) is 0 Å². The summed E-state index contributed by atoms with van der Waals surface area (Å²) in [5, 5.41) is 0. The third-order valence-corrected chi connectivity index (χ3v) is 4.47. The maximum Gasteiger partial charge on any atom is -1.00 e. The first-order chi connectivity index (χ1) is 5.45. The van der Waals surface area contributed by atoms with E-state index in [4.69, 9.17) is 0 Å². The van der Waals surface area contributed by atoms with Crippen LogP contribution in [0.5, 0.6) is 0 Å². The molecule has 54 valence electrons. The standard InChI is InChI=1S/2C5H5.Sc.H/c2*1-2-4-5-3-1;;/h2*1-3H,4H2;;/q;;+1;-1. The second-order valence-electron chi connectivity index (χ2n) is 2.89. The van der Waals surface area contributed by atoms with Crippen LogP contribution in [-0.4, -0.2) is 0 Å². The van der Waals surface area contributed by atoms with Gasteiger partial charge < -0.3 is 1.43 Å². The van der Waals surface area contributed by atoms with Crippen molar-refractivity contribution in [3.05, 3.63) is 43.1 Å². The molecule has 0 atom stereocenters. The van der Waals surface area contributed by atoms with Gasteiger partial charge in [-0.3, -0.25) is 0 Å². The Morgan fingerprint density at radius 1 is 1.00 bits per heavy atom. The summed E-state index contributed by atoms with van der Waals surface area (Å²) in [7, 11) is 0. The summed E-state index contributed by atoms with van der Waals surface area (Å²) < 4.78 is 3.42. The number of hydrogen-bond acceptors (Lipinski definition) is 0. The zero-order chi connectivity index (χ0) is 7.52. The summed E-state index contributed by atoms with van der Waals surface area (Å²) >= 11 is -0.191. The van der Waals surface area contributed by atoms with Crippen LogP contribution in [0.2, 0.25) is 0 Å². The van der Waals surface area contributed by atoms with E-state index >= 15 is 0 Å². The van der Waals surface area contributed by atoms with Crippen molar-refractivity contribution in [3.8, 4) is 0 Å². The summed E-state index contributed by atoms with van der Waals surface area (Å²) in [6, 6.07) is 0. The topological polar surface area (TPSA) is 0 Å². The van der Waals surface area contributed by atoms with E-state index in [0.717, 1.165) is 0 Å². The van der Waals surface area contributed by atoms with Gasteiger partial charge in [0.25, 0.3) is 0 Å². The third kappa shape index (κ3) is 1.90. The zero-order valence-electron chi connectivity index (χ0n) is 7.46. The van der Waals surface area contributed by atoms with Gasteiger partial charge in [0.15, 0.2) is 0 Å². The minimum atomic E-state index is -0.191. The Morgan fingerprint density at radius 2 is 1.55 bits per heavy atom. The molecule has 0 aromatic carbocycles. The minimum Gasteiger partial charge on any atom is -1.00 e. The normalized spacial score (nSPS) is 20.0. The molecule has 2 aliphatic rings. The number of rotatable bonds is 2. The van der Waals surface area contributed by atoms with E-state index < -0.39 is 0 Å². The summed E-state index contributed by atoms with van der Waals surface area (Å²) in [5.74, 6) is 0. The molecular weight excluding hydrogens is 165 g/mol. The van der Waals surface area contributed by atoms with Crippen LogP contribution in [-0.2, 0) is 22.9 Å². The molecule has 0 unspecified atom stereocenters. The van der Waals surface area contributed by atoms with Crippen molar-refractivity contribution in [3.63, 3.8) is 0 Å². The van der Waals surface area contributed by atoms with Crippen molar-refractivity contribution >= 4 is 0 Å².